The lowest BCUT2D eigenvalue weighted by molar-refractivity contribution is 0.0988. The summed E-state index contributed by atoms with van der Waals surface area (Å²) in [4.78, 5) is 14.3. The number of hydrogen-bond acceptors (Lipinski definition) is 2. The summed E-state index contributed by atoms with van der Waals surface area (Å²) in [7, 11) is 0. The van der Waals surface area contributed by atoms with Gasteiger partial charge < -0.3 is 10.6 Å². The molecule has 5 heteroatoms. The van der Waals surface area contributed by atoms with Gasteiger partial charge in [0.1, 0.15) is 0 Å². The predicted molar refractivity (Wildman–Crippen MR) is 87.4 cm³/mol. The van der Waals surface area contributed by atoms with E-state index in [1.165, 1.54) is 0 Å². The van der Waals surface area contributed by atoms with E-state index < -0.39 is 0 Å². The highest BCUT2D eigenvalue weighted by Gasteiger charge is 2.18. The van der Waals surface area contributed by atoms with Gasteiger partial charge in [0.2, 0.25) is 0 Å². The van der Waals surface area contributed by atoms with Crippen molar-refractivity contribution in [1.82, 2.24) is 0 Å². The zero-order valence-electron chi connectivity index (χ0n) is 10.9. The number of carbonyl (C=O) groups is 1. The first-order chi connectivity index (χ1) is 9.52. The number of nitrogens with zero attached hydrogens (tertiary/aromatic N) is 1. The summed E-state index contributed by atoms with van der Waals surface area (Å²) >= 11 is 9.47. The molecule has 1 amide bonds. The van der Waals surface area contributed by atoms with Gasteiger partial charge in [-0.05, 0) is 49.4 Å². The van der Waals surface area contributed by atoms with E-state index in [1.807, 2.05) is 19.1 Å². The molecule has 104 valence electrons. The van der Waals surface area contributed by atoms with Gasteiger partial charge in [0.05, 0.1) is 10.6 Å². The Labute approximate surface area is 131 Å². The minimum absolute atomic E-state index is 0.136. The van der Waals surface area contributed by atoms with Gasteiger partial charge in [-0.3, -0.25) is 4.79 Å². The van der Waals surface area contributed by atoms with Crippen LogP contribution in [-0.4, -0.2) is 12.5 Å². The van der Waals surface area contributed by atoms with Crippen LogP contribution < -0.4 is 10.6 Å². The maximum absolute atomic E-state index is 12.6. The summed E-state index contributed by atoms with van der Waals surface area (Å²) < 4.78 is 0.818. The van der Waals surface area contributed by atoms with E-state index in [-0.39, 0.29) is 5.91 Å². The van der Waals surface area contributed by atoms with Gasteiger partial charge in [-0.1, -0.05) is 27.5 Å². The van der Waals surface area contributed by atoms with E-state index in [1.54, 1.807) is 35.2 Å². The summed E-state index contributed by atoms with van der Waals surface area (Å²) in [6, 6.07) is 12.4. The van der Waals surface area contributed by atoms with Crippen LogP contribution in [0, 0.1) is 0 Å². The van der Waals surface area contributed by atoms with E-state index >= 15 is 0 Å². The van der Waals surface area contributed by atoms with Gasteiger partial charge in [0.25, 0.3) is 5.91 Å². The Balaban J connectivity index is 2.38. The van der Waals surface area contributed by atoms with E-state index in [2.05, 4.69) is 15.9 Å². The zero-order valence-corrected chi connectivity index (χ0v) is 13.3. The van der Waals surface area contributed by atoms with E-state index in [0.29, 0.717) is 22.8 Å². The van der Waals surface area contributed by atoms with Crippen molar-refractivity contribution in [2.24, 2.45) is 0 Å². The molecule has 0 aliphatic carbocycles. The Bertz CT molecular complexity index is 628. The molecule has 0 atom stereocenters. The van der Waals surface area contributed by atoms with Crippen LogP contribution in [0.1, 0.15) is 17.3 Å². The van der Waals surface area contributed by atoms with Gasteiger partial charge in [-0.15, -0.1) is 0 Å². The third-order valence-electron chi connectivity index (χ3n) is 2.92. The minimum Gasteiger partial charge on any atom is -0.399 e. The summed E-state index contributed by atoms with van der Waals surface area (Å²) in [5, 5.41) is 0.437. The SMILES string of the molecule is CCN(C(=O)c1cc(Br)ccc1Cl)c1ccc(N)cc1. The maximum Gasteiger partial charge on any atom is 0.259 e. The van der Waals surface area contributed by atoms with Crippen LogP contribution in [-0.2, 0) is 0 Å². The Hall–Kier alpha value is -1.52. The molecule has 2 aromatic carbocycles. The number of benzene rings is 2. The molecular weight excluding hydrogens is 340 g/mol. The van der Waals surface area contributed by atoms with Crippen LogP contribution in [0.2, 0.25) is 5.02 Å². The van der Waals surface area contributed by atoms with Crippen LogP contribution in [0.4, 0.5) is 11.4 Å². The molecule has 0 radical (unpaired) electrons. The van der Waals surface area contributed by atoms with Gasteiger partial charge in [0, 0.05) is 22.4 Å². The second-order valence-electron chi connectivity index (χ2n) is 4.27. The van der Waals surface area contributed by atoms with Crippen molar-refractivity contribution < 1.29 is 4.79 Å². The third-order valence-corrected chi connectivity index (χ3v) is 3.75. The molecule has 0 saturated carbocycles. The molecule has 0 bridgehead atoms. The zero-order chi connectivity index (χ0) is 14.7. The molecule has 2 rings (SSSR count). The fraction of sp³-hybridized carbons (Fsp3) is 0.133. The van der Waals surface area contributed by atoms with Crippen molar-refractivity contribution >= 4 is 44.8 Å². The second-order valence-corrected chi connectivity index (χ2v) is 5.59. The van der Waals surface area contributed by atoms with Crippen LogP contribution >= 0.6 is 27.5 Å². The molecular formula is C15H14BrClN2O. The van der Waals surface area contributed by atoms with E-state index in [4.69, 9.17) is 17.3 Å². The maximum atomic E-state index is 12.6. The lowest BCUT2D eigenvalue weighted by Crippen LogP contribution is -2.30. The van der Waals surface area contributed by atoms with E-state index in [0.717, 1.165) is 10.2 Å². The molecule has 0 heterocycles. The summed E-state index contributed by atoms with van der Waals surface area (Å²) in [5.74, 6) is -0.136. The number of halogens is 2. The summed E-state index contributed by atoms with van der Waals surface area (Å²) in [6.07, 6.45) is 0. The molecule has 0 aliphatic rings. The molecule has 0 aliphatic heterocycles. The minimum atomic E-state index is -0.136. The highest BCUT2D eigenvalue weighted by Crippen LogP contribution is 2.25. The fourth-order valence-electron chi connectivity index (χ4n) is 1.90. The number of hydrogen-bond donors (Lipinski definition) is 1. The molecule has 0 aromatic heterocycles. The molecule has 2 N–H and O–H groups in total. The van der Waals surface area contributed by atoms with Crippen molar-refractivity contribution in [1.29, 1.82) is 0 Å². The highest BCUT2D eigenvalue weighted by molar-refractivity contribution is 9.10. The summed E-state index contributed by atoms with van der Waals surface area (Å²) in [5.41, 5.74) is 7.60. The van der Waals surface area contributed by atoms with Gasteiger partial charge in [-0.25, -0.2) is 0 Å². The molecule has 3 nitrogen and oxygen atoms in total. The molecule has 20 heavy (non-hydrogen) atoms. The number of carbonyl (C=O) groups excluding carboxylic acids is 1. The van der Waals surface area contributed by atoms with Crippen LogP contribution in [0.5, 0.6) is 0 Å². The number of rotatable bonds is 3. The molecule has 0 saturated heterocycles. The topological polar surface area (TPSA) is 46.3 Å². The molecule has 0 unspecified atom stereocenters. The Morgan fingerprint density at radius 1 is 1.25 bits per heavy atom. The normalized spacial score (nSPS) is 10.3. The van der Waals surface area contributed by atoms with Crippen LogP contribution in [0.15, 0.2) is 46.9 Å². The van der Waals surface area contributed by atoms with Gasteiger partial charge in [0.15, 0.2) is 0 Å². The second kappa shape index (κ2) is 6.29. The third kappa shape index (κ3) is 3.14. The van der Waals surface area contributed by atoms with Gasteiger partial charge >= 0.3 is 0 Å². The average molecular weight is 354 g/mol. The first-order valence-electron chi connectivity index (χ1n) is 6.15. The number of nitrogen functional groups attached to an aromatic ring is 1. The summed E-state index contributed by atoms with van der Waals surface area (Å²) in [6.45, 7) is 2.46. The quantitative estimate of drug-likeness (QED) is 0.834. The van der Waals surface area contributed by atoms with Crippen molar-refractivity contribution in [2.45, 2.75) is 6.92 Å². The Morgan fingerprint density at radius 3 is 2.50 bits per heavy atom. The Kier molecular flexibility index (Phi) is 4.68. The predicted octanol–water partition coefficient (Wildman–Crippen LogP) is 4.35. The van der Waals surface area contributed by atoms with Crippen LogP contribution in [0.25, 0.3) is 0 Å². The first kappa shape index (κ1) is 14.9. The highest BCUT2D eigenvalue weighted by atomic mass is 79.9. The smallest absolute Gasteiger partial charge is 0.259 e. The molecule has 0 fully saturated rings. The largest absolute Gasteiger partial charge is 0.399 e. The van der Waals surface area contributed by atoms with Gasteiger partial charge in [-0.2, -0.15) is 0 Å². The lowest BCUT2D eigenvalue weighted by Gasteiger charge is -2.22. The lowest BCUT2D eigenvalue weighted by atomic mass is 10.1. The van der Waals surface area contributed by atoms with Crippen molar-refractivity contribution in [3.05, 3.63) is 57.5 Å². The number of amides is 1. The van der Waals surface area contributed by atoms with Crippen molar-refractivity contribution in [3.8, 4) is 0 Å². The van der Waals surface area contributed by atoms with Crippen LogP contribution in [0.3, 0.4) is 0 Å². The number of nitrogens with two attached hydrogens (primary N) is 1. The van der Waals surface area contributed by atoms with Crippen molar-refractivity contribution in [2.75, 3.05) is 17.2 Å². The number of anilines is 2. The molecule has 0 spiro atoms. The first-order valence-corrected chi connectivity index (χ1v) is 7.32. The standard InChI is InChI=1S/C15H14BrClN2O/c1-2-19(12-6-4-11(18)5-7-12)15(20)13-9-10(16)3-8-14(13)17/h3-9H,2,18H2,1H3. The monoisotopic (exact) mass is 352 g/mol. The average Bonchev–Trinajstić information content (AvgIpc) is 2.44. The van der Waals surface area contributed by atoms with E-state index in [9.17, 15) is 4.79 Å². The Morgan fingerprint density at radius 2 is 1.90 bits per heavy atom. The molecule has 2 aromatic rings. The van der Waals surface area contributed by atoms with Crippen molar-refractivity contribution in [3.63, 3.8) is 0 Å². The fourth-order valence-corrected chi connectivity index (χ4v) is 2.46.